The molecule has 2 aromatic rings. The van der Waals surface area contributed by atoms with Gasteiger partial charge in [-0.15, -0.1) is 16.4 Å². The molecular formula is C12H15ClN4OS. The van der Waals surface area contributed by atoms with Gasteiger partial charge in [0.1, 0.15) is 5.82 Å². The zero-order valence-corrected chi connectivity index (χ0v) is 12.4. The maximum absolute atomic E-state index is 12.1. The second-order valence-corrected chi connectivity index (χ2v) is 6.02. The summed E-state index contributed by atoms with van der Waals surface area (Å²) in [7, 11) is 1.73. The van der Waals surface area contributed by atoms with Crippen molar-refractivity contribution in [3.05, 3.63) is 33.0 Å². The van der Waals surface area contributed by atoms with Gasteiger partial charge >= 0.3 is 0 Å². The Balaban J connectivity index is 2.01. The van der Waals surface area contributed by atoms with Gasteiger partial charge in [0, 0.05) is 18.3 Å². The van der Waals surface area contributed by atoms with Crippen LogP contribution in [0.1, 0.15) is 34.7 Å². The SMILES string of the molecule is CCCc1nc(C(=O)N(C)Cc2ccc(Cl)s2)n[nH]1. The molecule has 0 aliphatic heterocycles. The van der Waals surface area contributed by atoms with E-state index in [2.05, 4.69) is 22.1 Å². The Bertz CT molecular complexity index is 566. The highest BCUT2D eigenvalue weighted by Crippen LogP contribution is 2.22. The fraction of sp³-hybridized carbons (Fsp3) is 0.417. The van der Waals surface area contributed by atoms with E-state index in [0.717, 1.165) is 27.9 Å². The van der Waals surface area contributed by atoms with Crippen LogP contribution in [0.25, 0.3) is 0 Å². The predicted molar refractivity (Wildman–Crippen MR) is 75.5 cm³/mol. The van der Waals surface area contributed by atoms with Crippen molar-refractivity contribution < 1.29 is 4.79 Å². The van der Waals surface area contributed by atoms with E-state index in [-0.39, 0.29) is 11.7 Å². The molecule has 0 aromatic carbocycles. The minimum atomic E-state index is -0.192. The van der Waals surface area contributed by atoms with E-state index in [4.69, 9.17) is 11.6 Å². The lowest BCUT2D eigenvalue weighted by Gasteiger charge is -2.13. The fourth-order valence-electron chi connectivity index (χ4n) is 1.65. The molecule has 1 amide bonds. The summed E-state index contributed by atoms with van der Waals surface area (Å²) in [4.78, 5) is 18.9. The van der Waals surface area contributed by atoms with E-state index in [9.17, 15) is 4.79 Å². The predicted octanol–water partition coefficient (Wildman–Crippen LogP) is 2.74. The van der Waals surface area contributed by atoms with Gasteiger partial charge in [0.2, 0.25) is 5.82 Å². The van der Waals surface area contributed by atoms with Crippen molar-refractivity contribution in [1.29, 1.82) is 0 Å². The van der Waals surface area contributed by atoms with E-state index in [1.165, 1.54) is 11.3 Å². The summed E-state index contributed by atoms with van der Waals surface area (Å²) < 4.78 is 0.721. The number of thiophene rings is 1. The standard InChI is InChI=1S/C12H15ClN4OS/c1-3-4-10-14-11(16-15-10)12(18)17(2)7-8-5-6-9(13)19-8/h5-6H,3-4,7H2,1-2H3,(H,14,15,16). The smallest absolute Gasteiger partial charge is 0.293 e. The van der Waals surface area contributed by atoms with Crippen LogP contribution in [0.3, 0.4) is 0 Å². The van der Waals surface area contributed by atoms with Crippen LogP contribution < -0.4 is 0 Å². The van der Waals surface area contributed by atoms with Gasteiger partial charge in [0.15, 0.2) is 0 Å². The normalized spacial score (nSPS) is 10.7. The Morgan fingerprint density at radius 1 is 1.53 bits per heavy atom. The number of carbonyl (C=O) groups is 1. The molecule has 2 aromatic heterocycles. The van der Waals surface area contributed by atoms with Crippen molar-refractivity contribution >= 4 is 28.8 Å². The van der Waals surface area contributed by atoms with Gasteiger partial charge < -0.3 is 4.90 Å². The first-order chi connectivity index (χ1) is 9.10. The molecule has 0 atom stereocenters. The number of halogens is 1. The summed E-state index contributed by atoms with van der Waals surface area (Å²) in [6.07, 6.45) is 1.76. The lowest BCUT2D eigenvalue weighted by atomic mass is 10.3. The number of H-pyrrole nitrogens is 1. The molecule has 0 fully saturated rings. The molecule has 0 radical (unpaired) electrons. The van der Waals surface area contributed by atoms with Crippen molar-refractivity contribution in [3.8, 4) is 0 Å². The third-order valence-electron chi connectivity index (χ3n) is 2.58. The second kappa shape index (κ2) is 6.16. The number of hydrogen-bond acceptors (Lipinski definition) is 4. The Kier molecular flexibility index (Phi) is 4.55. The van der Waals surface area contributed by atoms with Gasteiger partial charge in [-0.1, -0.05) is 18.5 Å². The topological polar surface area (TPSA) is 61.9 Å². The molecule has 2 heterocycles. The fourth-order valence-corrected chi connectivity index (χ4v) is 2.79. The van der Waals surface area contributed by atoms with Crippen LogP contribution in [0.5, 0.6) is 0 Å². The number of aryl methyl sites for hydroxylation is 1. The molecule has 5 nitrogen and oxygen atoms in total. The number of aromatic nitrogens is 3. The molecule has 0 unspecified atom stereocenters. The highest BCUT2D eigenvalue weighted by molar-refractivity contribution is 7.16. The Hall–Kier alpha value is -1.40. The van der Waals surface area contributed by atoms with E-state index in [1.807, 2.05) is 12.1 Å². The minimum Gasteiger partial charge on any atom is -0.334 e. The Labute approximate surface area is 120 Å². The number of rotatable bonds is 5. The summed E-state index contributed by atoms with van der Waals surface area (Å²) in [6.45, 7) is 2.56. The lowest BCUT2D eigenvalue weighted by molar-refractivity contribution is 0.0774. The van der Waals surface area contributed by atoms with Crippen LogP contribution in [0.15, 0.2) is 12.1 Å². The summed E-state index contributed by atoms with van der Waals surface area (Å²) in [5, 5.41) is 6.74. The molecular weight excluding hydrogens is 284 g/mol. The molecule has 0 aliphatic rings. The molecule has 19 heavy (non-hydrogen) atoms. The van der Waals surface area contributed by atoms with E-state index in [1.54, 1.807) is 11.9 Å². The average Bonchev–Trinajstić information content (AvgIpc) is 2.98. The van der Waals surface area contributed by atoms with Crippen molar-refractivity contribution in [2.45, 2.75) is 26.3 Å². The van der Waals surface area contributed by atoms with Crippen molar-refractivity contribution in [1.82, 2.24) is 20.1 Å². The van der Waals surface area contributed by atoms with E-state index >= 15 is 0 Å². The number of hydrogen-bond donors (Lipinski definition) is 1. The highest BCUT2D eigenvalue weighted by atomic mass is 35.5. The first-order valence-corrected chi connectivity index (χ1v) is 7.20. The van der Waals surface area contributed by atoms with Crippen LogP contribution in [-0.2, 0) is 13.0 Å². The number of nitrogens with one attached hydrogen (secondary N) is 1. The molecule has 0 aliphatic carbocycles. The third-order valence-corrected chi connectivity index (χ3v) is 3.79. The van der Waals surface area contributed by atoms with Crippen LogP contribution >= 0.6 is 22.9 Å². The van der Waals surface area contributed by atoms with Gasteiger partial charge in [-0.3, -0.25) is 9.89 Å². The molecule has 0 saturated carbocycles. The van der Waals surface area contributed by atoms with Gasteiger partial charge in [-0.05, 0) is 18.6 Å². The second-order valence-electron chi connectivity index (χ2n) is 4.22. The van der Waals surface area contributed by atoms with Gasteiger partial charge in [0.25, 0.3) is 5.91 Å². The summed E-state index contributed by atoms with van der Waals surface area (Å²) in [5.74, 6) is 0.773. The number of carbonyl (C=O) groups excluding carboxylic acids is 1. The Morgan fingerprint density at radius 2 is 2.32 bits per heavy atom. The molecule has 0 saturated heterocycles. The van der Waals surface area contributed by atoms with Crippen molar-refractivity contribution in [2.24, 2.45) is 0 Å². The highest BCUT2D eigenvalue weighted by Gasteiger charge is 2.17. The summed E-state index contributed by atoms with van der Waals surface area (Å²) >= 11 is 7.33. The maximum Gasteiger partial charge on any atom is 0.293 e. The van der Waals surface area contributed by atoms with Gasteiger partial charge in [0.05, 0.1) is 10.9 Å². The first-order valence-electron chi connectivity index (χ1n) is 6.01. The summed E-state index contributed by atoms with van der Waals surface area (Å²) in [6, 6.07) is 3.74. The van der Waals surface area contributed by atoms with Crippen LogP contribution in [0, 0.1) is 0 Å². The number of aromatic amines is 1. The molecule has 0 spiro atoms. The average molecular weight is 299 g/mol. The van der Waals surface area contributed by atoms with Gasteiger partial charge in [-0.2, -0.15) is 0 Å². The molecule has 2 rings (SSSR count). The lowest BCUT2D eigenvalue weighted by Crippen LogP contribution is -2.26. The minimum absolute atomic E-state index is 0.192. The molecule has 102 valence electrons. The van der Waals surface area contributed by atoms with Crippen LogP contribution in [-0.4, -0.2) is 33.0 Å². The number of amides is 1. The van der Waals surface area contributed by atoms with E-state index < -0.39 is 0 Å². The van der Waals surface area contributed by atoms with Crippen molar-refractivity contribution in [3.63, 3.8) is 0 Å². The molecule has 0 bridgehead atoms. The maximum atomic E-state index is 12.1. The third kappa shape index (κ3) is 3.54. The van der Waals surface area contributed by atoms with Crippen LogP contribution in [0.2, 0.25) is 4.34 Å². The Morgan fingerprint density at radius 3 is 2.95 bits per heavy atom. The largest absolute Gasteiger partial charge is 0.334 e. The van der Waals surface area contributed by atoms with E-state index in [0.29, 0.717) is 6.54 Å². The summed E-state index contributed by atoms with van der Waals surface area (Å²) in [5.41, 5.74) is 0. The zero-order valence-electron chi connectivity index (χ0n) is 10.8. The monoisotopic (exact) mass is 298 g/mol. The van der Waals surface area contributed by atoms with Crippen LogP contribution in [0.4, 0.5) is 0 Å². The quantitative estimate of drug-likeness (QED) is 0.923. The van der Waals surface area contributed by atoms with Crippen molar-refractivity contribution in [2.75, 3.05) is 7.05 Å². The number of nitrogens with zero attached hydrogens (tertiary/aromatic N) is 3. The van der Waals surface area contributed by atoms with Gasteiger partial charge in [-0.25, -0.2) is 4.98 Å². The first kappa shape index (κ1) is 14.0. The zero-order chi connectivity index (χ0) is 13.8. The molecule has 1 N–H and O–H groups in total. The molecule has 7 heteroatoms.